The Morgan fingerprint density at radius 3 is 2.75 bits per heavy atom. The molecule has 1 aliphatic rings. The number of likely N-dealkylation sites (tertiary alicyclic amines) is 1. The molecule has 1 aliphatic heterocycles. The number of aryl methyl sites for hydroxylation is 2. The Kier molecular flexibility index (Phi) is 4.72. The van der Waals surface area contributed by atoms with Gasteiger partial charge in [0.05, 0.1) is 5.69 Å². The van der Waals surface area contributed by atoms with Gasteiger partial charge in [-0.25, -0.2) is 9.50 Å². The standard InChI is InChI=1S/C23H22F3N5O/c1-13-5-6-15-10-19(27-17(15)8-13)22(32)30-7-3-4-16(12-30)18-11-20(23(24,25)26)31-21(28-18)9-14(2)29-31/h5-6,8-11,16,27H,3-4,7,12H2,1-2H3/t16-/m0/s1. The SMILES string of the molecule is Cc1ccc2cc(C(=O)N3CCC[C@H](c4cc(C(F)(F)F)n5nc(C)cc5n4)C3)[nH]c2c1. The number of H-pyrrole nitrogens is 1. The number of aromatic nitrogens is 4. The molecule has 4 heterocycles. The number of rotatable bonds is 2. The van der Waals surface area contributed by atoms with Crippen molar-refractivity contribution in [1.29, 1.82) is 0 Å². The number of carbonyl (C=O) groups excluding carboxylic acids is 1. The summed E-state index contributed by atoms with van der Waals surface area (Å²) in [5.74, 6) is -0.429. The number of aromatic amines is 1. The van der Waals surface area contributed by atoms with Crippen LogP contribution in [0.3, 0.4) is 0 Å². The third kappa shape index (κ3) is 3.61. The second-order valence-electron chi connectivity index (χ2n) is 8.48. The number of alkyl halides is 3. The summed E-state index contributed by atoms with van der Waals surface area (Å²) in [5, 5.41) is 4.89. The van der Waals surface area contributed by atoms with Crippen molar-refractivity contribution in [3.63, 3.8) is 0 Å². The van der Waals surface area contributed by atoms with E-state index in [2.05, 4.69) is 15.1 Å². The van der Waals surface area contributed by atoms with E-state index in [0.29, 0.717) is 43.0 Å². The van der Waals surface area contributed by atoms with E-state index in [-0.39, 0.29) is 17.5 Å². The maximum atomic E-state index is 13.7. The van der Waals surface area contributed by atoms with Crippen LogP contribution < -0.4 is 0 Å². The topological polar surface area (TPSA) is 66.3 Å². The summed E-state index contributed by atoms with van der Waals surface area (Å²) >= 11 is 0. The van der Waals surface area contributed by atoms with Gasteiger partial charge in [0, 0.05) is 41.7 Å². The Hall–Kier alpha value is -3.36. The van der Waals surface area contributed by atoms with Gasteiger partial charge in [0.15, 0.2) is 5.65 Å². The van der Waals surface area contributed by atoms with E-state index in [0.717, 1.165) is 27.0 Å². The van der Waals surface area contributed by atoms with Crippen molar-refractivity contribution in [3.8, 4) is 0 Å². The van der Waals surface area contributed by atoms with Crippen molar-refractivity contribution in [3.05, 3.63) is 64.7 Å². The minimum atomic E-state index is -4.55. The number of amides is 1. The van der Waals surface area contributed by atoms with Crippen molar-refractivity contribution in [2.24, 2.45) is 0 Å². The Balaban J connectivity index is 1.45. The average Bonchev–Trinajstić information content (AvgIpc) is 3.33. The second-order valence-corrected chi connectivity index (χ2v) is 8.48. The van der Waals surface area contributed by atoms with Crippen LogP contribution in [-0.4, -0.2) is 43.5 Å². The third-order valence-electron chi connectivity index (χ3n) is 5.99. The molecule has 0 aliphatic carbocycles. The number of halogens is 3. The van der Waals surface area contributed by atoms with Gasteiger partial charge in [0.1, 0.15) is 11.4 Å². The zero-order valence-electron chi connectivity index (χ0n) is 17.7. The van der Waals surface area contributed by atoms with Crippen LogP contribution in [0.4, 0.5) is 13.2 Å². The highest BCUT2D eigenvalue weighted by Crippen LogP contribution is 2.34. The monoisotopic (exact) mass is 441 g/mol. The van der Waals surface area contributed by atoms with E-state index in [9.17, 15) is 18.0 Å². The molecule has 1 atom stereocenters. The molecule has 5 rings (SSSR count). The van der Waals surface area contributed by atoms with Gasteiger partial charge in [-0.05, 0) is 50.5 Å². The van der Waals surface area contributed by atoms with E-state index >= 15 is 0 Å². The number of hydrogen-bond donors (Lipinski definition) is 1. The lowest BCUT2D eigenvalue weighted by atomic mass is 9.93. The molecule has 4 aromatic rings. The smallest absolute Gasteiger partial charge is 0.351 e. The van der Waals surface area contributed by atoms with E-state index < -0.39 is 11.9 Å². The van der Waals surface area contributed by atoms with Gasteiger partial charge in [-0.2, -0.15) is 18.3 Å². The summed E-state index contributed by atoms with van der Waals surface area (Å²) in [6.07, 6.45) is -3.19. The normalized spacial score (nSPS) is 17.4. The van der Waals surface area contributed by atoms with Crippen LogP contribution in [0.2, 0.25) is 0 Å². The van der Waals surface area contributed by atoms with Crippen molar-refractivity contribution in [2.45, 2.75) is 38.8 Å². The first kappa shape index (κ1) is 20.5. The molecule has 9 heteroatoms. The van der Waals surface area contributed by atoms with Crippen LogP contribution in [0.15, 0.2) is 36.4 Å². The lowest BCUT2D eigenvalue weighted by molar-refractivity contribution is -0.142. The largest absolute Gasteiger partial charge is 0.433 e. The molecule has 0 saturated carbocycles. The van der Waals surface area contributed by atoms with Crippen molar-refractivity contribution in [2.75, 3.05) is 13.1 Å². The highest BCUT2D eigenvalue weighted by molar-refractivity contribution is 5.98. The first-order chi connectivity index (χ1) is 15.2. The van der Waals surface area contributed by atoms with Gasteiger partial charge in [0.25, 0.3) is 5.91 Å². The number of fused-ring (bicyclic) bond motifs is 2. The Labute approximate surface area is 182 Å². The summed E-state index contributed by atoms with van der Waals surface area (Å²) in [6, 6.07) is 10.4. The molecule has 0 unspecified atom stereocenters. The minimum absolute atomic E-state index is 0.152. The number of hydrogen-bond acceptors (Lipinski definition) is 3. The molecule has 1 N–H and O–H groups in total. The van der Waals surface area contributed by atoms with Crippen molar-refractivity contribution in [1.82, 2.24) is 24.5 Å². The second kappa shape index (κ2) is 7.36. The van der Waals surface area contributed by atoms with E-state index in [4.69, 9.17) is 0 Å². The molecule has 6 nitrogen and oxygen atoms in total. The van der Waals surface area contributed by atoms with Crippen molar-refractivity contribution >= 4 is 22.5 Å². The van der Waals surface area contributed by atoms with Crippen LogP contribution in [0, 0.1) is 13.8 Å². The van der Waals surface area contributed by atoms with Gasteiger partial charge in [-0.1, -0.05) is 12.1 Å². The highest BCUT2D eigenvalue weighted by Gasteiger charge is 2.36. The predicted octanol–water partition coefficient (Wildman–Crippen LogP) is 4.87. The average molecular weight is 441 g/mol. The first-order valence-electron chi connectivity index (χ1n) is 10.5. The zero-order chi connectivity index (χ0) is 22.6. The Morgan fingerprint density at radius 2 is 1.97 bits per heavy atom. The van der Waals surface area contributed by atoms with Gasteiger partial charge < -0.3 is 9.88 Å². The molecule has 0 radical (unpaired) electrons. The molecule has 1 fully saturated rings. The third-order valence-corrected chi connectivity index (χ3v) is 5.99. The zero-order valence-corrected chi connectivity index (χ0v) is 17.7. The molecule has 1 amide bonds. The van der Waals surface area contributed by atoms with E-state index in [1.165, 1.54) is 6.07 Å². The Bertz CT molecular complexity index is 1340. The van der Waals surface area contributed by atoms with E-state index in [1.807, 2.05) is 31.2 Å². The molecular formula is C23H22F3N5O. The van der Waals surface area contributed by atoms with Gasteiger partial charge in [0.2, 0.25) is 0 Å². The maximum absolute atomic E-state index is 13.7. The molecule has 1 aromatic carbocycles. The van der Waals surface area contributed by atoms with Gasteiger partial charge in [-0.3, -0.25) is 4.79 Å². The van der Waals surface area contributed by atoms with Crippen LogP contribution in [0.25, 0.3) is 16.6 Å². The Morgan fingerprint density at radius 1 is 1.16 bits per heavy atom. The quantitative estimate of drug-likeness (QED) is 0.483. The highest BCUT2D eigenvalue weighted by atomic mass is 19.4. The molecule has 3 aromatic heterocycles. The lowest BCUT2D eigenvalue weighted by Gasteiger charge is -2.32. The van der Waals surface area contributed by atoms with Crippen molar-refractivity contribution < 1.29 is 18.0 Å². The molecule has 32 heavy (non-hydrogen) atoms. The fourth-order valence-corrected chi connectivity index (χ4v) is 4.45. The maximum Gasteiger partial charge on any atom is 0.433 e. The first-order valence-corrected chi connectivity index (χ1v) is 10.5. The summed E-state index contributed by atoms with van der Waals surface area (Å²) in [6.45, 7) is 4.50. The number of carbonyl (C=O) groups is 1. The number of benzene rings is 1. The molecular weight excluding hydrogens is 419 g/mol. The lowest BCUT2D eigenvalue weighted by Crippen LogP contribution is -2.39. The molecule has 0 spiro atoms. The molecule has 166 valence electrons. The van der Waals surface area contributed by atoms with Gasteiger partial charge in [-0.15, -0.1) is 0 Å². The molecule has 0 bridgehead atoms. The van der Waals surface area contributed by atoms with Crippen LogP contribution in [-0.2, 0) is 6.18 Å². The summed E-state index contributed by atoms with van der Waals surface area (Å²) in [7, 11) is 0. The van der Waals surface area contributed by atoms with Crippen LogP contribution in [0.5, 0.6) is 0 Å². The molecule has 1 saturated heterocycles. The summed E-state index contributed by atoms with van der Waals surface area (Å²) < 4.78 is 41.9. The fraction of sp³-hybridized carbons (Fsp3) is 0.348. The van der Waals surface area contributed by atoms with Gasteiger partial charge >= 0.3 is 6.18 Å². The summed E-state index contributed by atoms with van der Waals surface area (Å²) in [5.41, 5.74) is 2.59. The van der Waals surface area contributed by atoms with Crippen LogP contribution >= 0.6 is 0 Å². The predicted molar refractivity (Wildman–Crippen MR) is 114 cm³/mol. The minimum Gasteiger partial charge on any atom is -0.351 e. The number of piperidine rings is 1. The van der Waals surface area contributed by atoms with E-state index in [1.54, 1.807) is 11.8 Å². The number of nitrogens with one attached hydrogen (secondary N) is 1. The van der Waals surface area contributed by atoms with Crippen LogP contribution in [0.1, 0.15) is 51.9 Å². The summed E-state index contributed by atoms with van der Waals surface area (Å²) in [4.78, 5) is 22.5. The number of nitrogens with zero attached hydrogens (tertiary/aromatic N) is 4. The fourth-order valence-electron chi connectivity index (χ4n) is 4.45.